The van der Waals surface area contributed by atoms with Gasteiger partial charge in [-0.1, -0.05) is 42.0 Å². The van der Waals surface area contributed by atoms with Gasteiger partial charge in [-0.25, -0.2) is 0 Å². The van der Waals surface area contributed by atoms with Crippen LogP contribution in [-0.4, -0.2) is 21.8 Å². The highest BCUT2D eigenvalue weighted by Gasteiger charge is 2.34. The van der Waals surface area contributed by atoms with Gasteiger partial charge >= 0.3 is 0 Å². The second kappa shape index (κ2) is 10.2. The number of hydrogen-bond acceptors (Lipinski definition) is 4. The summed E-state index contributed by atoms with van der Waals surface area (Å²) in [7, 11) is 0. The Bertz CT molecular complexity index is 1540. The van der Waals surface area contributed by atoms with Crippen molar-refractivity contribution in [3.63, 3.8) is 0 Å². The number of phenols is 2. The fraction of sp³-hybridized carbons (Fsp3) is 0.294. The third-order valence-electron chi connectivity index (χ3n) is 8.15. The Morgan fingerprint density at radius 2 is 1.79 bits per heavy atom. The standard InChI is InChI=1S/C34H34N2O3/c1-21-5-3-6-25(17-21)31-16-12-26-18-24(28-7-4-8-30(23-9-10-23)35-20-22(28)2)11-15-32(26)36(31)34(39)29-14-13-27(37)19-33(29)38/h3,5-7,11,13-15,17-20,23,31,37-38H,4,8-10,12,16H2,1-2H3. The number of aliphatic imine (C=N–C) groups is 1. The maximum absolute atomic E-state index is 14.0. The molecule has 3 aliphatic rings. The van der Waals surface area contributed by atoms with E-state index in [-0.39, 0.29) is 29.0 Å². The van der Waals surface area contributed by atoms with E-state index in [4.69, 9.17) is 4.99 Å². The molecule has 5 nitrogen and oxygen atoms in total. The van der Waals surface area contributed by atoms with Gasteiger partial charge in [-0.2, -0.15) is 0 Å². The van der Waals surface area contributed by atoms with Crippen molar-refractivity contribution in [1.82, 2.24) is 0 Å². The van der Waals surface area contributed by atoms with Crippen LogP contribution in [0.5, 0.6) is 11.5 Å². The topological polar surface area (TPSA) is 73.1 Å². The second-order valence-corrected chi connectivity index (χ2v) is 11.1. The molecule has 1 saturated carbocycles. The summed E-state index contributed by atoms with van der Waals surface area (Å²) in [5, 5.41) is 20.4. The van der Waals surface area contributed by atoms with E-state index in [0.717, 1.165) is 59.2 Å². The molecule has 0 bridgehead atoms. The van der Waals surface area contributed by atoms with Crippen LogP contribution in [0, 0.1) is 12.8 Å². The number of aromatic hydroxyl groups is 2. The van der Waals surface area contributed by atoms with E-state index in [9.17, 15) is 15.0 Å². The quantitative estimate of drug-likeness (QED) is 0.372. The van der Waals surface area contributed by atoms with Crippen LogP contribution in [0.2, 0.25) is 0 Å². The molecule has 5 heteroatoms. The molecule has 3 aromatic rings. The Kier molecular flexibility index (Phi) is 6.59. The lowest BCUT2D eigenvalue weighted by Crippen LogP contribution is -2.38. The van der Waals surface area contributed by atoms with E-state index in [0.29, 0.717) is 5.92 Å². The number of carbonyl (C=O) groups is 1. The van der Waals surface area contributed by atoms with Crippen molar-refractivity contribution in [2.24, 2.45) is 10.9 Å². The number of hydrogen-bond donors (Lipinski definition) is 2. The van der Waals surface area contributed by atoms with Gasteiger partial charge in [0.15, 0.2) is 0 Å². The zero-order valence-electron chi connectivity index (χ0n) is 22.5. The minimum Gasteiger partial charge on any atom is -0.508 e. The predicted molar refractivity (Wildman–Crippen MR) is 156 cm³/mol. The number of benzene rings is 3. The minimum atomic E-state index is -0.282. The molecule has 0 spiro atoms. The molecule has 2 heterocycles. The monoisotopic (exact) mass is 518 g/mol. The number of carbonyl (C=O) groups excluding carboxylic acids is 1. The summed E-state index contributed by atoms with van der Waals surface area (Å²) >= 11 is 0. The van der Waals surface area contributed by atoms with E-state index in [1.54, 1.807) is 0 Å². The van der Waals surface area contributed by atoms with Gasteiger partial charge in [-0.3, -0.25) is 9.79 Å². The number of amides is 1. The first-order valence-corrected chi connectivity index (χ1v) is 13.9. The molecule has 1 fully saturated rings. The average molecular weight is 519 g/mol. The summed E-state index contributed by atoms with van der Waals surface area (Å²) in [6, 6.07) is 18.6. The molecule has 3 aromatic carbocycles. The van der Waals surface area contributed by atoms with E-state index in [1.165, 1.54) is 42.3 Å². The van der Waals surface area contributed by atoms with Gasteiger partial charge < -0.3 is 15.1 Å². The van der Waals surface area contributed by atoms with Gasteiger partial charge in [0, 0.05) is 23.7 Å². The van der Waals surface area contributed by atoms with Crippen molar-refractivity contribution < 1.29 is 15.0 Å². The molecular formula is C34H34N2O3. The molecule has 1 aliphatic carbocycles. The van der Waals surface area contributed by atoms with Crippen molar-refractivity contribution in [2.45, 2.75) is 58.4 Å². The molecule has 0 aromatic heterocycles. The number of aryl methyl sites for hydroxylation is 2. The molecule has 2 N–H and O–H groups in total. The second-order valence-electron chi connectivity index (χ2n) is 11.1. The summed E-state index contributed by atoms with van der Waals surface area (Å²) in [4.78, 5) is 20.7. The maximum Gasteiger partial charge on any atom is 0.262 e. The zero-order valence-corrected chi connectivity index (χ0v) is 22.5. The van der Waals surface area contributed by atoms with Crippen LogP contribution in [-0.2, 0) is 6.42 Å². The third kappa shape index (κ3) is 5.01. The van der Waals surface area contributed by atoms with Gasteiger partial charge in [-0.05, 0) is 110 Å². The van der Waals surface area contributed by atoms with Gasteiger partial charge in [0.2, 0.25) is 0 Å². The summed E-state index contributed by atoms with van der Waals surface area (Å²) in [5.74, 6) is 0.104. The molecule has 2 aliphatic heterocycles. The summed E-state index contributed by atoms with van der Waals surface area (Å²) < 4.78 is 0. The molecule has 1 atom stereocenters. The SMILES string of the molecule is CC1=CN=C(C2CC2)CCC=C1c1ccc2c(c1)CCC(c1cccc(C)c1)N2C(=O)c1ccc(O)cc1O. The first-order valence-electron chi connectivity index (χ1n) is 13.9. The van der Waals surface area contributed by atoms with Gasteiger partial charge in [0.25, 0.3) is 5.91 Å². The third-order valence-corrected chi connectivity index (χ3v) is 8.15. The zero-order chi connectivity index (χ0) is 27.1. The van der Waals surface area contributed by atoms with E-state index < -0.39 is 0 Å². The smallest absolute Gasteiger partial charge is 0.262 e. The maximum atomic E-state index is 14.0. The lowest BCUT2D eigenvalue weighted by atomic mass is 9.87. The highest BCUT2D eigenvalue weighted by atomic mass is 16.3. The Morgan fingerprint density at radius 3 is 2.56 bits per heavy atom. The average Bonchev–Trinajstić information content (AvgIpc) is 3.75. The van der Waals surface area contributed by atoms with Crippen LogP contribution in [0.3, 0.4) is 0 Å². The van der Waals surface area contributed by atoms with Crippen LogP contribution in [0.25, 0.3) is 5.57 Å². The van der Waals surface area contributed by atoms with Crippen molar-refractivity contribution in [3.05, 3.63) is 106 Å². The molecule has 0 saturated heterocycles. The van der Waals surface area contributed by atoms with Gasteiger partial charge in [-0.15, -0.1) is 0 Å². The molecule has 39 heavy (non-hydrogen) atoms. The van der Waals surface area contributed by atoms with Crippen LogP contribution < -0.4 is 4.90 Å². The first-order chi connectivity index (χ1) is 18.9. The fourth-order valence-corrected chi connectivity index (χ4v) is 5.96. The number of nitrogens with zero attached hydrogens (tertiary/aromatic N) is 2. The molecular weight excluding hydrogens is 484 g/mol. The van der Waals surface area contributed by atoms with Crippen molar-refractivity contribution in [3.8, 4) is 11.5 Å². The van der Waals surface area contributed by atoms with E-state index >= 15 is 0 Å². The Morgan fingerprint density at radius 1 is 0.949 bits per heavy atom. The van der Waals surface area contributed by atoms with Crippen LogP contribution >= 0.6 is 0 Å². The van der Waals surface area contributed by atoms with Crippen molar-refractivity contribution >= 4 is 22.9 Å². The van der Waals surface area contributed by atoms with Crippen LogP contribution in [0.1, 0.15) is 77.7 Å². The minimum absolute atomic E-state index is 0.0764. The number of fused-ring (bicyclic) bond motifs is 1. The lowest BCUT2D eigenvalue weighted by Gasteiger charge is -2.38. The fourth-order valence-electron chi connectivity index (χ4n) is 5.96. The van der Waals surface area contributed by atoms with Crippen LogP contribution in [0.15, 0.2) is 83.5 Å². The van der Waals surface area contributed by atoms with Crippen molar-refractivity contribution in [1.29, 1.82) is 0 Å². The summed E-state index contributed by atoms with van der Waals surface area (Å²) in [6.07, 6.45) is 10.5. The van der Waals surface area contributed by atoms with Crippen LogP contribution in [0.4, 0.5) is 5.69 Å². The largest absolute Gasteiger partial charge is 0.508 e. The number of rotatable bonds is 4. The highest BCUT2D eigenvalue weighted by Crippen LogP contribution is 2.42. The Labute approximate surface area is 229 Å². The predicted octanol–water partition coefficient (Wildman–Crippen LogP) is 7.67. The number of allylic oxidation sites excluding steroid dienone is 3. The normalized spacial score (nSPS) is 19.3. The molecule has 1 unspecified atom stereocenters. The van der Waals surface area contributed by atoms with E-state index in [1.807, 2.05) is 23.2 Å². The van der Waals surface area contributed by atoms with E-state index in [2.05, 4.69) is 50.3 Å². The Hall–Kier alpha value is -4.12. The number of anilines is 1. The summed E-state index contributed by atoms with van der Waals surface area (Å²) in [6.45, 7) is 4.18. The molecule has 1 amide bonds. The Balaban J connectivity index is 1.40. The van der Waals surface area contributed by atoms with Gasteiger partial charge in [0.05, 0.1) is 11.6 Å². The molecule has 198 valence electrons. The number of phenolic OH excluding ortho intramolecular Hbond substituents is 2. The first kappa shape index (κ1) is 25.2. The molecule has 6 rings (SSSR count). The van der Waals surface area contributed by atoms with Crippen molar-refractivity contribution in [2.75, 3.05) is 4.90 Å². The highest BCUT2D eigenvalue weighted by molar-refractivity contribution is 6.09. The lowest BCUT2D eigenvalue weighted by molar-refractivity contribution is 0.0970. The molecule has 0 radical (unpaired) electrons. The summed E-state index contributed by atoms with van der Waals surface area (Å²) in [5.41, 5.74) is 9.19. The van der Waals surface area contributed by atoms with Gasteiger partial charge in [0.1, 0.15) is 11.5 Å².